The second-order valence-corrected chi connectivity index (χ2v) is 6.62. The van der Waals surface area contributed by atoms with E-state index in [1.54, 1.807) is 17.4 Å². The summed E-state index contributed by atoms with van der Waals surface area (Å²) >= 11 is 5.35. The second kappa shape index (κ2) is 5.62. The van der Waals surface area contributed by atoms with Gasteiger partial charge in [-0.3, -0.25) is 0 Å². The normalized spacial score (nSPS) is 12.8. The molecule has 0 aliphatic heterocycles. The predicted molar refractivity (Wildman–Crippen MR) is 83.6 cm³/mol. The number of alkyl halides is 1. The molecule has 0 radical (unpaired) electrons. The average molecular weight is 353 g/mol. The van der Waals surface area contributed by atoms with Crippen LogP contribution in [0.15, 0.2) is 47.8 Å². The van der Waals surface area contributed by atoms with Crippen LogP contribution in [0.2, 0.25) is 0 Å². The van der Waals surface area contributed by atoms with E-state index in [-0.39, 0.29) is 4.83 Å². The maximum atomic E-state index is 13.2. The van der Waals surface area contributed by atoms with Gasteiger partial charge in [0.15, 0.2) is 11.6 Å². The highest BCUT2D eigenvalue weighted by Gasteiger charge is 2.14. The first-order valence-electron chi connectivity index (χ1n) is 6.19. The molecule has 1 aromatic heterocycles. The Bertz CT molecular complexity index is 751. The van der Waals surface area contributed by atoms with E-state index in [2.05, 4.69) is 33.4 Å². The van der Waals surface area contributed by atoms with Gasteiger partial charge in [0.25, 0.3) is 0 Å². The summed E-state index contributed by atoms with van der Waals surface area (Å²) in [5.41, 5.74) is 1.97. The van der Waals surface area contributed by atoms with Crippen LogP contribution in [0.3, 0.4) is 0 Å². The molecule has 102 valence electrons. The van der Waals surface area contributed by atoms with Crippen LogP contribution in [0.25, 0.3) is 10.1 Å². The highest BCUT2D eigenvalue weighted by atomic mass is 79.9. The molecule has 0 N–H and O–H groups in total. The number of benzene rings is 2. The average Bonchev–Trinajstić information content (AvgIpc) is 2.87. The molecule has 20 heavy (non-hydrogen) atoms. The molecule has 0 nitrogen and oxygen atoms in total. The van der Waals surface area contributed by atoms with Crippen molar-refractivity contribution in [3.05, 3.63) is 70.6 Å². The zero-order chi connectivity index (χ0) is 14.1. The third-order valence-electron chi connectivity index (χ3n) is 3.25. The summed E-state index contributed by atoms with van der Waals surface area (Å²) < 4.78 is 27.4. The molecule has 1 unspecified atom stereocenters. The van der Waals surface area contributed by atoms with Crippen LogP contribution in [0.4, 0.5) is 8.78 Å². The van der Waals surface area contributed by atoms with Crippen molar-refractivity contribution in [2.45, 2.75) is 11.2 Å². The quantitative estimate of drug-likeness (QED) is 0.518. The topological polar surface area (TPSA) is 0 Å². The van der Waals surface area contributed by atoms with Gasteiger partial charge in [-0.05, 0) is 46.5 Å². The third-order valence-corrected chi connectivity index (χ3v) is 5.05. The zero-order valence-corrected chi connectivity index (χ0v) is 12.8. The molecular weight excluding hydrogens is 342 g/mol. The van der Waals surface area contributed by atoms with Crippen molar-refractivity contribution in [3.63, 3.8) is 0 Å². The second-order valence-electron chi connectivity index (χ2n) is 4.61. The van der Waals surface area contributed by atoms with Gasteiger partial charge in [-0.25, -0.2) is 8.78 Å². The van der Waals surface area contributed by atoms with Gasteiger partial charge < -0.3 is 0 Å². The number of hydrogen-bond acceptors (Lipinski definition) is 1. The minimum atomic E-state index is -0.805. The first-order chi connectivity index (χ1) is 9.65. The van der Waals surface area contributed by atoms with Crippen molar-refractivity contribution in [3.8, 4) is 0 Å². The van der Waals surface area contributed by atoms with Gasteiger partial charge in [-0.2, -0.15) is 0 Å². The van der Waals surface area contributed by atoms with E-state index in [1.165, 1.54) is 27.8 Å². The minimum absolute atomic E-state index is 0.0866. The summed E-state index contributed by atoms with van der Waals surface area (Å²) in [6.45, 7) is 0. The van der Waals surface area contributed by atoms with Crippen LogP contribution in [0.1, 0.15) is 16.0 Å². The Morgan fingerprint density at radius 2 is 1.85 bits per heavy atom. The molecule has 4 heteroatoms. The Kier molecular flexibility index (Phi) is 3.85. The maximum Gasteiger partial charge on any atom is 0.159 e. The van der Waals surface area contributed by atoms with Gasteiger partial charge in [0.2, 0.25) is 0 Å². The minimum Gasteiger partial charge on any atom is -0.204 e. The lowest BCUT2D eigenvalue weighted by molar-refractivity contribution is 0.507. The molecule has 0 fully saturated rings. The molecule has 0 aliphatic rings. The van der Waals surface area contributed by atoms with Gasteiger partial charge >= 0.3 is 0 Å². The first kappa shape index (κ1) is 13.7. The molecular formula is C16H11BrF2S. The lowest BCUT2D eigenvalue weighted by Crippen LogP contribution is -1.96. The standard InChI is InChI=1S/C16H11BrF2S/c17-13(7-10-5-6-14(18)15(19)8-10)12-9-20-16-4-2-1-3-11(12)16/h1-6,8-9,13H,7H2. The molecule has 0 aliphatic carbocycles. The Labute approximate surface area is 128 Å². The Hall–Kier alpha value is -1.26. The molecule has 3 aromatic rings. The summed E-state index contributed by atoms with van der Waals surface area (Å²) in [5, 5.41) is 3.33. The van der Waals surface area contributed by atoms with E-state index in [0.29, 0.717) is 6.42 Å². The third kappa shape index (κ3) is 2.63. The lowest BCUT2D eigenvalue weighted by atomic mass is 10.0. The number of fused-ring (bicyclic) bond motifs is 1. The van der Waals surface area contributed by atoms with Crippen LogP contribution >= 0.6 is 27.3 Å². The highest BCUT2D eigenvalue weighted by molar-refractivity contribution is 9.09. The highest BCUT2D eigenvalue weighted by Crippen LogP contribution is 2.36. The number of hydrogen-bond donors (Lipinski definition) is 0. The van der Waals surface area contributed by atoms with Gasteiger partial charge in [0.1, 0.15) is 0 Å². The van der Waals surface area contributed by atoms with E-state index in [1.807, 2.05) is 12.1 Å². The molecule has 1 atom stereocenters. The maximum absolute atomic E-state index is 13.2. The number of rotatable bonds is 3. The lowest BCUT2D eigenvalue weighted by Gasteiger charge is -2.09. The molecule has 0 saturated carbocycles. The van der Waals surface area contributed by atoms with Crippen molar-refractivity contribution < 1.29 is 8.78 Å². The van der Waals surface area contributed by atoms with Crippen molar-refractivity contribution in [2.75, 3.05) is 0 Å². The van der Waals surface area contributed by atoms with Crippen molar-refractivity contribution >= 4 is 37.4 Å². The number of thiophene rings is 1. The van der Waals surface area contributed by atoms with Crippen molar-refractivity contribution in [1.29, 1.82) is 0 Å². The summed E-state index contributed by atoms with van der Waals surface area (Å²) in [4.78, 5) is 0.0866. The molecule has 0 amide bonds. The SMILES string of the molecule is Fc1ccc(CC(Br)c2csc3ccccc23)cc1F. The molecule has 0 bridgehead atoms. The summed E-state index contributed by atoms with van der Waals surface area (Å²) in [7, 11) is 0. The smallest absolute Gasteiger partial charge is 0.159 e. The largest absolute Gasteiger partial charge is 0.204 e. The van der Waals surface area contributed by atoms with E-state index in [0.717, 1.165) is 5.56 Å². The molecule has 0 saturated heterocycles. The van der Waals surface area contributed by atoms with E-state index in [9.17, 15) is 8.78 Å². The van der Waals surface area contributed by atoms with E-state index < -0.39 is 11.6 Å². The number of halogens is 3. The molecule has 2 aromatic carbocycles. The summed E-state index contributed by atoms with van der Waals surface area (Å²) in [6, 6.07) is 12.3. The molecule has 3 rings (SSSR count). The molecule has 0 spiro atoms. The molecule has 1 heterocycles. The Morgan fingerprint density at radius 1 is 1.05 bits per heavy atom. The fourth-order valence-corrected chi connectivity index (χ4v) is 4.17. The predicted octanol–water partition coefficient (Wildman–Crippen LogP) is 5.86. The fourth-order valence-electron chi connectivity index (χ4n) is 2.22. The summed E-state index contributed by atoms with van der Waals surface area (Å²) in [5.74, 6) is -1.60. The van der Waals surface area contributed by atoms with Gasteiger partial charge in [-0.1, -0.05) is 40.2 Å². The Morgan fingerprint density at radius 3 is 2.65 bits per heavy atom. The van der Waals surface area contributed by atoms with Crippen molar-refractivity contribution in [2.24, 2.45) is 0 Å². The van der Waals surface area contributed by atoms with Gasteiger partial charge in [-0.15, -0.1) is 11.3 Å². The van der Waals surface area contributed by atoms with Crippen LogP contribution in [0.5, 0.6) is 0 Å². The van der Waals surface area contributed by atoms with E-state index in [4.69, 9.17) is 0 Å². The van der Waals surface area contributed by atoms with Crippen LogP contribution in [-0.4, -0.2) is 0 Å². The van der Waals surface area contributed by atoms with Crippen LogP contribution in [0, 0.1) is 11.6 Å². The summed E-state index contributed by atoms with van der Waals surface area (Å²) in [6.07, 6.45) is 0.623. The van der Waals surface area contributed by atoms with Gasteiger partial charge in [0.05, 0.1) is 0 Å². The van der Waals surface area contributed by atoms with Crippen molar-refractivity contribution in [1.82, 2.24) is 0 Å². The van der Waals surface area contributed by atoms with Crippen LogP contribution in [-0.2, 0) is 6.42 Å². The monoisotopic (exact) mass is 352 g/mol. The fraction of sp³-hybridized carbons (Fsp3) is 0.125. The van der Waals surface area contributed by atoms with E-state index >= 15 is 0 Å². The Balaban J connectivity index is 1.89. The van der Waals surface area contributed by atoms with Gasteiger partial charge in [0, 0.05) is 9.53 Å². The zero-order valence-electron chi connectivity index (χ0n) is 10.4. The van der Waals surface area contributed by atoms with Crippen LogP contribution < -0.4 is 0 Å². The first-order valence-corrected chi connectivity index (χ1v) is 7.99.